The Hall–Kier alpha value is -1.95. The summed E-state index contributed by atoms with van der Waals surface area (Å²) in [6, 6.07) is 1.83. The number of carbonyl (C=O) groups excluding carboxylic acids is 3. The zero-order valence-electron chi connectivity index (χ0n) is 31.3. The number of carbonyl (C=O) groups is 3. The number of nitrogens with zero attached hydrogens (tertiary/aromatic N) is 6. The minimum absolute atomic E-state index is 0.0514. The number of piperidine rings is 4. The summed E-state index contributed by atoms with van der Waals surface area (Å²) in [6.07, 6.45) is 8.36. The van der Waals surface area contributed by atoms with E-state index in [1.54, 1.807) is 7.11 Å². The average Bonchev–Trinajstić information content (AvgIpc) is 3.09. The fraction of sp³-hybridized carbons (Fsp3) is 0.921. The molecule has 11 heteroatoms. The van der Waals surface area contributed by atoms with Gasteiger partial charge in [0.25, 0.3) is 5.91 Å². The zero-order valence-corrected chi connectivity index (χ0v) is 31.3. The normalized spacial score (nSPS) is 26.9. The minimum atomic E-state index is -0.328. The van der Waals surface area contributed by atoms with Gasteiger partial charge in [0.1, 0.15) is 6.61 Å². The summed E-state index contributed by atoms with van der Waals surface area (Å²) < 4.78 is 10.6. The second kappa shape index (κ2) is 16.2. The maximum absolute atomic E-state index is 12.9. The van der Waals surface area contributed by atoms with Crippen LogP contribution >= 0.6 is 0 Å². The van der Waals surface area contributed by atoms with Crippen molar-refractivity contribution in [3.63, 3.8) is 0 Å². The Bertz CT molecular complexity index is 1110. The van der Waals surface area contributed by atoms with Crippen LogP contribution in [0.25, 0.3) is 0 Å². The van der Waals surface area contributed by atoms with Gasteiger partial charge in [0.05, 0.1) is 0 Å². The highest BCUT2D eigenvalue weighted by molar-refractivity contribution is 5.80. The van der Waals surface area contributed by atoms with Crippen LogP contribution in [0.2, 0.25) is 0 Å². The lowest BCUT2D eigenvalue weighted by Crippen LogP contribution is -2.74. The Kier molecular flexibility index (Phi) is 12.1. The molecule has 0 aromatic rings. The highest BCUT2D eigenvalue weighted by atomic mass is 16.6. The lowest BCUT2D eigenvalue weighted by atomic mass is 9.71. The molecule has 0 bridgehead atoms. The van der Waals surface area contributed by atoms with E-state index in [0.29, 0.717) is 41.3 Å². The van der Waals surface area contributed by atoms with Crippen LogP contribution in [0.3, 0.4) is 0 Å². The van der Waals surface area contributed by atoms with Gasteiger partial charge in [-0.15, -0.1) is 0 Å². The molecule has 49 heavy (non-hydrogen) atoms. The summed E-state index contributed by atoms with van der Waals surface area (Å²) in [5.41, 5.74) is 0.530. The van der Waals surface area contributed by atoms with Gasteiger partial charge in [0, 0.05) is 96.1 Å². The summed E-state index contributed by atoms with van der Waals surface area (Å²) in [4.78, 5) is 51.6. The maximum Gasteiger partial charge on any atom is 0.410 e. The van der Waals surface area contributed by atoms with Crippen molar-refractivity contribution in [2.45, 2.75) is 97.2 Å². The van der Waals surface area contributed by atoms with Gasteiger partial charge in [-0.2, -0.15) is 0 Å². The molecular weight excluding hydrogens is 620 g/mol. The first-order chi connectivity index (χ1) is 23.6. The van der Waals surface area contributed by atoms with Gasteiger partial charge in [-0.05, 0) is 102 Å². The first kappa shape index (κ1) is 36.8. The Balaban J connectivity index is 0.831. The lowest BCUT2D eigenvalue weighted by Gasteiger charge is -2.63. The largest absolute Gasteiger partial charge is 0.439 e. The minimum Gasteiger partial charge on any atom is -0.439 e. The Labute approximate surface area is 295 Å². The first-order valence-electron chi connectivity index (χ1n) is 19.7. The molecule has 6 aliphatic rings. The molecule has 0 saturated carbocycles. The van der Waals surface area contributed by atoms with Crippen LogP contribution < -0.4 is 0 Å². The summed E-state index contributed by atoms with van der Waals surface area (Å²) in [6.45, 7) is 21.4. The first-order valence-corrected chi connectivity index (χ1v) is 19.7. The van der Waals surface area contributed by atoms with E-state index in [0.717, 1.165) is 96.8 Å². The van der Waals surface area contributed by atoms with Gasteiger partial charge in [-0.1, -0.05) is 13.8 Å². The monoisotopic (exact) mass is 687 g/mol. The van der Waals surface area contributed by atoms with Crippen LogP contribution in [0.5, 0.6) is 0 Å². The Morgan fingerprint density at radius 2 is 1.04 bits per heavy atom. The van der Waals surface area contributed by atoms with E-state index in [4.69, 9.17) is 9.47 Å². The molecule has 6 fully saturated rings. The number of likely N-dealkylation sites (tertiary alicyclic amines) is 6. The number of hydrogen-bond donors (Lipinski definition) is 0. The van der Waals surface area contributed by atoms with Crippen molar-refractivity contribution in [1.82, 2.24) is 29.4 Å². The molecule has 1 spiro atoms. The molecule has 0 aromatic carbocycles. The van der Waals surface area contributed by atoms with Crippen molar-refractivity contribution in [2.75, 3.05) is 98.9 Å². The highest BCUT2D eigenvalue weighted by Crippen LogP contribution is 2.43. The van der Waals surface area contributed by atoms with Crippen LogP contribution in [-0.2, 0) is 19.1 Å². The van der Waals surface area contributed by atoms with Crippen molar-refractivity contribution in [2.24, 2.45) is 29.1 Å². The molecule has 6 aliphatic heterocycles. The molecule has 6 heterocycles. The molecule has 2 atom stereocenters. The Morgan fingerprint density at radius 1 is 0.592 bits per heavy atom. The van der Waals surface area contributed by atoms with Crippen molar-refractivity contribution in [3.05, 3.63) is 0 Å². The van der Waals surface area contributed by atoms with Gasteiger partial charge >= 0.3 is 6.09 Å². The number of ether oxygens (including phenoxy) is 2. The predicted octanol–water partition coefficient (Wildman–Crippen LogP) is 3.47. The third kappa shape index (κ3) is 8.58. The van der Waals surface area contributed by atoms with Gasteiger partial charge in [-0.25, -0.2) is 4.79 Å². The summed E-state index contributed by atoms with van der Waals surface area (Å²) in [7, 11) is 1.59. The predicted molar refractivity (Wildman–Crippen MR) is 190 cm³/mol. The van der Waals surface area contributed by atoms with Crippen molar-refractivity contribution in [1.29, 1.82) is 0 Å². The number of amides is 3. The van der Waals surface area contributed by atoms with Gasteiger partial charge in [0.15, 0.2) is 6.61 Å². The van der Waals surface area contributed by atoms with E-state index < -0.39 is 0 Å². The van der Waals surface area contributed by atoms with Gasteiger partial charge in [0.2, 0.25) is 5.91 Å². The van der Waals surface area contributed by atoms with Crippen molar-refractivity contribution >= 4 is 17.9 Å². The number of rotatable bonds is 10. The van der Waals surface area contributed by atoms with E-state index >= 15 is 0 Å². The summed E-state index contributed by atoms with van der Waals surface area (Å²) in [5, 5.41) is 0. The number of hydrogen-bond acceptors (Lipinski definition) is 8. The fourth-order valence-electron chi connectivity index (χ4n) is 10.2. The molecule has 0 aromatic heterocycles. The quantitative estimate of drug-likeness (QED) is 0.346. The third-order valence-electron chi connectivity index (χ3n) is 13.8. The zero-order chi connectivity index (χ0) is 34.7. The highest BCUT2D eigenvalue weighted by Gasteiger charge is 2.53. The summed E-state index contributed by atoms with van der Waals surface area (Å²) in [5.74, 6) is 2.72. The second-order valence-electron chi connectivity index (χ2n) is 17.0. The molecule has 0 radical (unpaired) electrons. The molecule has 2 unspecified atom stereocenters. The molecule has 0 aliphatic carbocycles. The second-order valence-corrected chi connectivity index (χ2v) is 17.0. The van der Waals surface area contributed by atoms with Gasteiger partial charge in [-0.3, -0.25) is 19.4 Å². The van der Waals surface area contributed by atoms with Crippen LogP contribution in [0, 0.1) is 29.1 Å². The molecule has 278 valence electrons. The van der Waals surface area contributed by atoms with Crippen LogP contribution in [0.1, 0.15) is 79.1 Å². The van der Waals surface area contributed by atoms with E-state index in [1.807, 2.05) is 14.7 Å². The van der Waals surface area contributed by atoms with Gasteiger partial charge < -0.3 is 29.1 Å². The topological polar surface area (TPSA) is 89.1 Å². The maximum atomic E-state index is 12.9. The summed E-state index contributed by atoms with van der Waals surface area (Å²) >= 11 is 0. The van der Waals surface area contributed by atoms with E-state index in [2.05, 4.69) is 42.4 Å². The molecule has 11 nitrogen and oxygen atoms in total. The van der Waals surface area contributed by atoms with E-state index in [9.17, 15) is 14.4 Å². The van der Waals surface area contributed by atoms with E-state index in [1.165, 1.54) is 39.0 Å². The van der Waals surface area contributed by atoms with Crippen molar-refractivity contribution in [3.8, 4) is 0 Å². The number of methoxy groups -OCH3 is 1. The fourth-order valence-corrected chi connectivity index (χ4v) is 10.2. The van der Waals surface area contributed by atoms with Crippen LogP contribution in [-0.4, -0.2) is 164 Å². The molecule has 3 amide bonds. The third-order valence-corrected chi connectivity index (χ3v) is 13.8. The molecule has 0 N–H and O–H groups in total. The van der Waals surface area contributed by atoms with Crippen LogP contribution in [0.4, 0.5) is 4.79 Å². The lowest BCUT2D eigenvalue weighted by molar-refractivity contribution is -0.150. The van der Waals surface area contributed by atoms with E-state index in [-0.39, 0.29) is 31.1 Å². The molecular formula is C38H66N6O5. The smallest absolute Gasteiger partial charge is 0.410 e. The SMILES string of the molecule is COCC(=O)N1CCC(N2CCC(C(C)C(C)C3CCN(C(=O)OCC(=O)N4CCC(N5CC6(CN(C(C)C)C6)C5)CC4)CC3)CC2)CC1. The van der Waals surface area contributed by atoms with Crippen LogP contribution in [0.15, 0.2) is 0 Å². The molecule has 6 rings (SSSR count). The molecule has 6 saturated heterocycles. The average molecular weight is 687 g/mol. The van der Waals surface area contributed by atoms with Crippen molar-refractivity contribution < 1.29 is 23.9 Å². The standard InChI is InChI=1S/C38H66N6O5/c1-28(2)43-24-38(25-43)26-44(27-38)34-12-20-41(21-13-34)36(46)23-49-37(47)42-16-8-32(9-17-42)30(4)29(3)31-6-14-39(15-7-31)33-10-18-40(19-11-33)35(45)22-48-5/h28-34H,6-27H2,1-5H3. The Morgan fingerprint density at radius 3 is 1.53 bits per heavy atom.